The summed E-state index contributed by atoms with van der Waals surface area (Å²) in [6.07, 6.45) is -4.54. The average molecular weight is 286 g/mol. The molecule has 0 unspecified atom stereocenters. The number of benzene rings is 1. The molecule has 0 amide bonds. The maximum absolute atomic E-state index is 12.7. The Balaban J connectivity index is 2.35. The van der Waals surface area contributed by atoms with Crippen molar-refractivity contribution in [3.63, 3.8) is 0 Å². The number of aromatic nitrogens is 2. The number of rotatable bonds is 3. The number of hydrogen-bond donors (Lipinski definition) is 2. The first kappa shape index (κ1) is 13.6. The Bertz CT molecular complexity index is 560. The summed E-state index contributed by atoms with van der Waals surface area (Å²) in [7, 11) is 0. The van der Waals surface area contributed by atoms with Crippen molar-refractivity contribution in [2.24, 2.45) is 5.84 Å². The molecule has 0 saturated heterocycles. The fraction of sp³-hybridized carbons (Fsp3) is 0.0909. The highest BCUT2D eigenvalue weighted by molar-refractivity contribution is 7.99. The summed E-state index contributed by atoms with van der Waals surface area (Å²) in [5.41, 5.74) is 0.997. The van der Waals surface area contributed by atoms with Crippen LogP contribution in [0, 0.1) is 0 Å². The molecule has 8 heteroatoms. The predicted octanol–water partition coefficient (Wildman–Crippen LogP) is 2.93. The van der Waals surface area contributed by atoms with E-state index in [2.05, 4.69) is 9.97 Å². The number of alkyl halides is 3. The SMILES string of the molecule is NNc1nc(Sc2ccccc2)cc(C(F)(F)F)n1. The van der Waals surface area contributed by atoms with Crippen molar-refractivity contribution >= 4 is 17.7 Å². The van der Waals surface area contributed by atoms with Gasteiger partial charge in [-0.05, 0) is 12.1 Å². The van der Waals surface area contributed by atoms with Crippen LogP contribution in [0.15, 0.2) is 46.3 Å². The van der Waals surface area contributed by atoms with Gasteiger partial charge in [0.1, 0.15) is 5.03 Å². The van der Waals surface area contributed by atoms with Crippen molar-refractivity contribution in [3.05, 3.63) is 42.1 Å². The van der Waals surface area contributed by atoms with E-state index in [0.29, 0.717) is 0 Å². The molecule has 0 aliphatic heterocycles. The van der Waals surface area contributed by atoms with Gasteiger partial charge in [0.05, 0.1) is 0 Å². The lowest BCUT2D eigenvalue weighted by Crippen LogP contribution is -2.15. The third-order valence-corrected chi connectivity index (χ3v) is 3.01. The van der Waals surface area contributed by atoms with Crippen molar-refractivity contribution in [2.45, 2.75) is 16.1 Å². The minimum Gasteiger partial charge on any atom is -0.292 e. The molecule has 0 atom stereocenters. The number of nitrogens with one attached hydrogen (secondary N) is 1. The molecule has 0 aliphatic rings. The molecule has 1 aromatic heterocycles. The lowest BCUT2D eigenvalue weighted by molar-refractivity contribution is -0.141. The van der Waals surface area contributed by atoms with Crippen LogP contribution in [-0.4, -0.2) is 9.97 Å². The fourth-order valence-corrected chi connectivity index (χ4v) is 2.13. The molecule has 0 spiro atoms. The highest BCUT2D eigenvalue weighted by Crippen LogP contribution is 2.33. The van der Waals surface area contributed by atoms with Crippen LogP contribution in [0.3, 0.4) is 0 Å². The number of nitrogen functional groups attached to an aromatic ring is 1. The van der Waals surface area contributed by atoms with Gasteiger partial charge in [-0.3, -0.25) is 5.43 Å². The number of hydrazine groups is 1. The van der Waals surface area contributed by atoms with E-state index >= 15 is 0 Å². The second-order valence-corrected chi connectivity index (χ2v) is 4.57. The minimum absolute atomic E-state index is 0.168. The molecule has 0 bridgehead atoms. The molecule has 0 radical (unpaired) electrons. The number of hydrogen-bond acceptors (Lipinski definition) is 5. The second-order valence-electron chi connectivity index (χ2n) is 3.47. The van der Waals surface area contributed by atoms with Gasteiger partial charge >= 0.3 is 6.18 Å². The number of halogens is 3. The Kier molecular flexibility index (Phi) is 3.91. The van der Waals surface area contributed by atoms with Crippen molar-refractivity contribution in [3.8, 4) is 0 Å². The van der Waals surface area contributed by atoms with Gasteiger partial charge < -0.3 is 0 Å². The largest absolute Gasteiger partial charge is 0.433 e. The van der Waals surface area contributed by atoms with Crippen molar-refractivity contribution in [1.29, 1.82) is 0 Å². The summed E-state index contributed by atoms with van der Waals surface area (Å²) < 4.78 is 38.0. The zero-order valence-corrected chi connectivity index (χ0v) is 10.3. The average Bonchev–Trinajstić information content (AvgIpc) is 2.38. The quantitative estimate of drug-likeness (QED) is 0.516. The smallest absolute Gasteiger partial charge is 0.292 e. The Labute approximate surface area is 111 Å². The first-order valence-electron chi connectivity index (χ1n) is 5.15. The van der Waals surface area contributed by atoms with E-state index in [-0.39, 0.29) is 11.0 Å². The first-order valence-corrected chi connectivity index (χ1v) is 5.96. The maximum atomic E-state index is 12.7. The Morgan fingerprint density at radius 3 is 2.37 bits per heavy atom. The van der Waals surface area contributed by atoms with Gasteiger partial charge in [-0.1, -0.05) is 30.0 Å². The van der Waals surface area contributed by atoms with Gasteiger partial charge in [-0.25, -0.2) is 15.8 Å². The monoisotopic (exact) mass is 286 g/mol. The van der Waals surface area contributed by atoms with Crippen LogP contribution < -0.4 is 11.3 Å². The molecule has 19 heavy (non-hydrogen) atoms. The zero-order valence-electron chi connectivity index (χ0n) is 9.48. The zero-order chi connectivity index (χ0) is 13.9. The van der Waals surface area contributed by atoms with E-state index < -0.39 is 11.9 Å². The summed E-state index contributed by atoms with van der Waals surface area (Å²) >= 11 is 1.10. The number of anilines is 1. The standard InChI is InChI=1S/C11H9F3N4S/c12-11(13,14)8-6-9(17-10(16-8)18-15)19-7-4-2-1-3-5-7/h1-6H,15H2,(H,16,17,18). The van der Waals surface area contributed by atoms with Crippen LogP contribution in [0.2, 0.25) is 0 Å². The molecular weight excluding hydrogens is 277 g/mol. The minimum atomic E-state index is -4.54. The molecular formula is C11H9F3N4S. The molecule has 0 fully saturated rings. The first-order chi connectivity index (χ1) is 8.99. The lowest BCUT2D eigenvalue weighted by Gasteiger charge is -2.09. The van der Waals surface area contributed by atoms with Gasteiger partial charge in [-0.2, -0.15) is 13.2 Å². The molecule has 4 nitrogen and oxygen atoms in total. The molecule has 3 N–H and O–H groups in total. The third-order valence-electron chi connectivity index (χ3n) is 2.09. The molecule has 2 rings (SSSR count). The van der Waals surface area contributed by atoms with Gasteiger partial charge in [0, 0.05) is 11.0 Å². The van der Waals surface area contributed by atoms with Crippen LogP contribution >= 0.6 is 11.8 Å². The Morgan fingerprint density at radius 2 is 1.79 bits per heavy atom. The van der Waals surface area contributed by atoms with Crippen LogP contribution in [0.25, 0.3) is 0 Å². The van der Waals surface area contributed by atoms with E-state index in [1.54, 1.807) is 24.3 Å². The van der Waals surface area contributed by atoms with Crippen molar-refractivity contribution < 1.29 is 13.2 Å². The van der Waals surface area contributed by atoms with Gasteiger partial charge in [-0.15, -0.1) is 0 Å². The fourth-order valence-electron chi connectivity index (χ4n) is 1.30. The molecule has 1 heterocycles. The number of nitrogens with zero attached hydrogens (tertiary/aromatic N) is 2. The van der Waals surface area contributed by atoms with Crippen molar-refractivity contribution in [1.82, 2.24) is 9.97 Å². The predicted molar refractivity (Wildman–Crippen MR) is 65.4 cm³/mol. The summed E-state index contributed by atoms with van der Waals surface area (Å²) in [6, 6.07) is 9.83. The highest BCUT2D eigenvalue weighted by atomic mass is 32.2. The van der Waals surface area contributed by atoms with E-state index in [1.165, 1.54) is 0 Å². The summed E-state index contributed by atoms with van der Waals surface area (Å²) in [5.74, 6) is 4.80. The van der Waals surface area contributed by atoms with Crippen LogP contribution in [0.5, 0.6) is 0 Å². The third kappa shape index (κ3) is 3.58. The molecule has 100 valence electrons. The highest BCUT2D eigenvalue weighted by Gasteiger charge is 2.33. The Morgan fingerprint density at radius 1 is 1.11 bits per heavy atom. The van der Waals surface area contributed by atoms with Crippen LogP contribution in [0.1, 0.15) is 5.69 Å². The lowest BCUT2D eigenvalue weighted by atomic mass is 10.4. The van der Waals surface area contributed by atoms with E-state index in [9.17, 15) is 13.2 Å². The van der Waals surface area contributed by atoms with Crippen LogP contribution in [0.4, 0.5) is 19.1 Å². The van der Waals surface area contributed by atoms with E-state index in [4.69, 9.17) is 5.84 Å². The molecule has 0 saturated carbocycles. The van der Waals surface area contributed by atoms with Gasteiger partial charge in [0.15, 0.2) is 5.69 Å². The molecule has 1 aromatic carbocycles. The maximum Gasteiger partial charge on any atom is 0.433 e. The van der Waals surface area contributed by atoms with Crippen molar-refractivity contribution in [2.75, 3.05) is 5.43 Å². The summed E-state index contributed by atoms with van der Waals surface area (Å²) in [5, 5.41) is 0.168. The van der Waals surface area contributed by atoms with Crippen LogP contribution in [-0.2, 0) is 6.18 Å². The van der Waals surface area contributed by atoms with E-state index in [1.807, 2.05) is 11.5 Å². The van der Waals surface area contributed by atoms with E-state index in [0.717, 1.165) is 22.7 Å². The normalized spacial score (nSPS) is 11.4. The second kappa shape index (κ2) is 5.45. The topological polar surface area (TPSA) is 63.8 Å². The van der Waals surface area contributed by atoms with Gasteiger partial charge in [0.2, 0.25) is 5.95 Å². The Hall–Kier alpha value is -1.80. The molecule has 2 aromatic rings. The van der Waals surface area contributed by atoms with Gasteiger partial charge in [0.25, 0.3) is 0 Å². The number of nitrogens with two attached hydrogens (primary N) is 1. The molecule has 0 aliphatic carbocycles. The summed E-state index contributed by atoms with van der Waals surface area (Å²) in [4.78, 5) is 7.93. The summed E-state index contributed by atoms with van der Waals surface area (Å²) in [6.45, 7) is 0.